The first-order valence-electron chi connectivity index (χ1n) is 7.38. The maximum atomic E-state index is 11.9. The standard InChI is InChI=1S/C17H24N2O3/c1-5-10-18-17(21)13(3)19-16(20)9-7-14-11-12(2)6-8-15(14)22-4/h6-9,11,13H,5,10H2,1-4H3,(H,18,21)(H,19,20)/b9-7+/t13-/m0/s1. The van der Waals surface area contributed by atoms with Crippen molar-refractivity contribution in [3.8, 4) is 5.75 Å². The predicted molar refractivity (Wildman–Crippen MR) is 87.7 cm³/mol. The van der Waals surface area contributed by atoms with E-state index in [1.54, 1.807) is 20.1 Å². The first-order valence-corrected chi connectivity index (χ1v) is 7.38. The summed E-state index contributed by atoms with van der Waals surface area (Å²) in [6, 6.07) is 5.16. The van der Waals surface area contributed by atoms with Gasteiger partial charge in [-0.3, -0.25) is 9.59 Å². The van der Waals surface area contributed by atoms with Crippen molar-refractivity contribution in [1.29, 1.82) is 0 Å². The molecule has 0 saturated carbocycles. The number of carbonyl (C=O) groups is 2. The Hall–Kier alpha value is -2.30. The van der Waals surface area contributed by atoms with Gasteiger partial charge < -0.3 is 15.4 Å². The third-order valence-corrected chi connectivity index (χ3v) is 3.10. The summed E-state index contributed by atoms with van der Waals surface area (Å²) in [4.78, 5) is 23.6. The van der Waals surface area contributed by atoms with E-state index in [2.05, 4.69) is 10.6 Å². The number of amides is 2. The van der Waals surface area contributed by atoms with Crippen molar-refractivity contribution in [3.63, 3.8) is 0 Å². The SMILES string of the molecule is CCCNC(=O)[C@H](C)NC(=O)/C=C/c1cc(C)ccc1OC. The second-order valence-corrected chi connectivity index (χ2v) is 5.10. The Morgan fingerprint density at radius 2 is 2.09 bits per heavy atom. The average molecular weight is 304 g/mol. The number of rotatable bonds is 7. The van der Waals surface area contributed by atoms with Crippen molar-refractivity contribution in [2.45, 2.75) is 33.2 Å². The normalized spacial score (nSPS) is 12.0. The molecular formula is C17H24N2O3. The maximum absolute atomic E-state index is 11.9. The van der Waals surface area contributed by atoms with E-state index in [-0.39, 0.29) is 11.8 Å². The van der Waals surface area contributed by atoms with Crippen LogP contribution in [0.15, 0.2) is 24.3 Å². The molecule has 1 rings (SSSR count). The molecule has 1 aromatic carbocycles. The molecule has 0 heterocycles. The summed E-state index contributed by atoms with van der Waals surface area (Å²) in [5, 5.41) is 5.37. The Morgan fingerprint density at radius 1 is 1.36 bits per heavy atom. The molecule has 2 amide bonds. The lowest BCUT2D eigenvalue weighted by Crippen LogP contribution is -2.44. The molecule has 0 aliphatic heterocycles. The Labute approximate surface area is 131 Å². The Balaban J connectivity index is 2.64. The van der Waals surface area contributed by atoms with Crippen LogP contribution in [-0.4, -0.2) is 31.5 Å². The average Bonchev–Trinajstić information content (AvgIpc) is 2.50. The summed E-state index contributed by atoms with van der Waals surface area (Å²) >= 11 is 0. The van der Waals surface area contributed by atoms with Crippen molar-refractivity contribution in [1.82, 2.24) is 10.6 Å². The van der Waals surface area contributed by atoms with Crippen molar-refractivity contribution in [3.05, 3.63) is 35.4 Å². The molecule has 1 aromatic rings. The van der Waals surface area contributed by atoms with Crippen LogP contribution in [0.3, 0.4) is 0 Å². The lowest BCUT2D eigenvalue weighted by molar-refractivity contribution is -0.126. The van der Waals surface area contributed by atoms with E-state index in [9.17, 15) is 9.59 Å². The van der Waals surface area contributed by atoms with Gasteiger partial charge in [0.2, 0.25) is 11.8 Å². The molecule has 2 N–H and O–H groups in total. The zero-order valence-corrected chi connectivity index (χ0v) is 13.6. The fourth-order valence-electron chi connectivity index (χ4n) is 1.88. The second-order valence-electron chi connectivity index (χ2n) is 5.10. The number of carbonyl (C=O) groups excluding carboxylic acids is 2. The predicted octanol–water partition coefficient (Wildman–Crippen LogP) is 2.05. The van der Waals surface area contributed by atoms with Gasteiger partial charge in [-0.05, 0) is 38.5 Å². The van der Waals surface area contributed by atoms with Crippen LogP contribution < -0.4 is 15.4 Å². The van der Waals surface area contributed by atoms with Crippen LogP contribution in [-0.2, 0) is 9.59 Å². The van der Waals surface area contributed by atoms with Crippen LogP contribution >= 0.6 is 0 Å². The van der Waals surface area contributed by atoms with Gasteiger partial charge in [0, 0.05) is 18.2 Å². The third kappa shape index (κ3) is 5.60. The molecule has 0 fully saturated rings. The number of aryl methyl sites for hydroxylation is 1. The molecule has 120 valence electrons. The molecule has 5 heteroatoms. The smallest absolute Gasteiger partial charge is 0.244 e. The van der Waals surface area contributed by atoms with Crippen molar-refractivity contribution in [2.24, 2.45) is 0 Å². The highest BCUT2D eigenvalue weighted by atomic mass is 16.5. The summed E-state index contributed by atoms with van der Waals surface area (Å²) in [7, 11) is 1.59. The number of methoxy groups -OCH3 is 1. The van der Waals surface area contributed by atoms with E-state index in [1.807, 2.05) is 32.0 Å². The van der Waals surface area contributed by atoms with E-state index >= 15 is 0 Å². The van der Waals surface area contributed by atoms with Gasteiger partial charge in [0.05, 0.1) is 7.11 Å². The van der Waals surface area contributed by atoms with Crippen molar-refractivity contribution in [2.75, 3.05) is 13.7 Å². The van der Waals surface area contributed by atoms with E-state index in [1.165, 1.54) is 6.08 Å². The quantitative estimate of drug-likeness (QED) is 0.758. The van der Waals surface area contributed by atoms with Crippen LogP contribution in [0.5, 0.6) is 5.75 Å². The highest BCUT2D eigenvalue weighted by Crippen LogP contribution is 2.20. The first-order chi connectivity index (χ1) is 10.5. The summed E-state index contributed by atoms with van der Waals surface area (Å²) < 4.78 is 5.25. The van der Waals surface area contributed by atoms with Crippen LogP contribution in [0.4, 0.5) is 0 Å². The molecular weight excluding hydrogens is 280 g/mol. The van der Waals surface area contributed by atoms with Crippen LogP contribution in [0.2, 0.25) is 0 Å². The minimum atomic E-state index is -0.567. The summed E-state index contributed by atoms with van der Waals surface area (Å²) in [6.45, 7) is 6.21. The maximum Gasteiger partial charge on any atom is 0.244 e. The van der Waals surface area contributed by atoms with Gasteiger partial charge >= 0.3 is 0 Å². The van der Waals surface area contributed by atoms with Gasteiger partial charge in [-0.15, -0.1) is 0 Å². The van der Waals surface area contributed by atoms with E-state index < -0.39 is 6.04 Å². The lowest BCUT2D eigenvalue weighted by Gasteiger charge is -2.12. The second kappa shape index (κ2) is 8.87. The van der Waals surface area contributed by atoms with Crippen LogP contribution in [0, 0.1) is 6.92 Å². The number of nitrogens with one attached hydrogen (secondary N) is 2. The molecule has 0 aromatic heterocycles. The summed E-state index contributed by atoms with van der Waals surface area (Å²) in [5.74, 6) is 0.197. The molecule has 0 unspecified atom stereocenters. The molecule has 1 atom stereocenters. The zero-order chi connectivity index (χ0) is 16.5. The number of hydrogen-bond donors (Lipinski definition) is 2. The van der Waals surface area contributed by atoms with E-state index in [0.29, 0.717) is 12.3 Å². The van der Waals surface area contributed by atoms with Gasteiger partial charge in [-0.25, -0.2) is 0 Å². The highest BCUT2D eigenvalue weighted by Gasteiger charge is 2.13. The van der Waals surface area contributed by atoms with Crippen LogP contribution in [0.1, 0.15) is 31.4 Å². The minimum Gasteiger partial charge on any atom is -0.496 e. The van der Waals surface area contributed by atoms with E-state index in [4.69, 9.17) is 4.74 Å². The minimum absolute atomic E-state index is 0.184. The Morgan fingerprint density at radius 3 is 2.73 bits per heavy atom. The first kappa shape index (κ1) is 17.8. The Kier molecular flexibility index (Phi) is 7.16. The molecule has 0 radical (unpaired) electrons. The Bertz CT molecular complexity index is 553. The summed E-state index contributed by atoms with van der Waals surface area (Å²) in [6.07, 6.45) is 3.94. The summed E-state index contributed by atoms with van der Waals surface area (Å²) in [5.41, 5.74) is 1.90. The third-order valence-electron chi connectivity index (χ3n) is 3.10. The van der Waals surface area contributed by atoms with Gasteiger partial charge in [-0.1, -0.05) is 18.6 Å². The van der Waals surface area contributed by atoms with Crippen LogP contribution in [0.25, 0.3) is 6.08 Å². The molecule has 0 aliphatic carbocycles. The highest BCUT2D eigenvalue weighted by molar-refractivity contribution is 5.95. The fourth-order valence-corrected chi connectivity index (χ4v) is 1.88. The fraction of sp³-hybridized carbons (Fsp3) is 0.412. The van der Waals surface area contributed by atoms with Gasteiger partial charge in [0.1, 0.15) is 11.8 Å². The van der Waals surface area contributed by atoms with Gasteiger partial charge in [0.25, 0.3) is 0 Å². The largest absolute Gasteiger partial charge is 0.496 e. The number of ether oxygens (including phenoxy) is 1. The van der Waals surface area contributed by atoms with Crippen molar-refractivity contribution < 1.29 is 14.3 Å². The zero-order valence-electron chi connectivity index (χ0n) is 13.6. The van der Waals surface area contributed by atoms with Gasteiger partial charge in [-0.2, -0.15) is 0 Å². The number of benzene rings is 1. The molecule has 0 bridgehead atoms. The monoisotopic (exact) mass is 304 g/mol. The number of hydrogen-bond acceptors (Lipinski definition) is 3. The molecule has 0 spiro atoms. The van der Waals surface area contributed by atoms with Crippen molar-refractivity contribution >= 4 is 17.9 Å². The molecule has 0 saturated heterocycles. The van der Waals surface area contributed by atoms with Gasteiger partial charge in [0.15, 0.2) is 0 Å². The van der Waals surface area contributed by atoms with E-state index in [0.717, 1.165) is 17.5 Å². The topological polar surface area (TPSA) is 67.4 Å². The molecule has 22 heavy (non-hydrogen) atoms. The molecule has 0 aliphatic rings. The molecule has 5 nitrogen and oxygen atoms in total. The lowest BCUT2D eigenvalue weighted by atomic mass is 10.1.